The van der Waals surface area contributed by atoms with Gasteiger partial charge in [-0.05, 0) is 13.3 Å². The van der Waals surface area contributed by atoms with Gasteiger partial charge in [0, 0.05) is 0 Å². The molecule has 0 aromatic rings. The van der Waals surface area contributed by atoms with E-state index in [2.05, 4.69) is 11.6 Å². The van der Waals surface area contributed by atoms with Crippen LogP contribution in [0.15, 0.2) is 0 Å². The summed E-state index contributed by atoms with van der Waals surface area (Å²) in [6.07, 6.45) is 9.43. The number of phosphoric ester groups is 1. The van der Waals surface area contributed by atoms with Crippen molar-refractivity contribution in [3.8, 4) is 0 Å². The maximum atomic E-state index is 11.9. The summed E-state index contributed by atoms with van der Waals surface area (Å²) in [7, 11) is -3.46. The maximum absolute atomic E-state index is 11.9. The van der Waals surface area contributed by atoms with Crippen LogP contribution in [0.1, 0.15) is 65.2 Å². The molecule has 0 N–H and O–H groups in total. The molecule has 0 aliphatic carbocycles. The van der Waals surface area contributed by atoms with Gasteiger partial charge in [-0.15, -0.1) is 4.67 Å². The number of hydrogen-bond donors (Lipinski definition) is 0. The van der Waals surface area contributed by atoms with Crippen molar-refractivity contribution in [2.24, 2.45) is 0 Å². The van der Waals surface area contributed by atoms with Gasteiger partial charge in [-0.3, -0.25) is 9.05 Å². The topological polar surface area (TPSA) is 54.0 Å². The molecule has 1 fully saturated rings. The minimum absolute atomic E-state index is 0.252. The molecular weight excluding hydrogens is 267 g/mol. The van der Waals surface area contributed by atoms with E-state index in [9.17, 15) is 4.57 Å². The fourth-order valence-corrected chi connectivity index (χ4v) is 3.11. The van der Waals surface area contributed by atoms with Gasteiger partial charge in [-0.2, -0.15) is 0 Å². The van der Waals surface area contributed by atoms with E-state index in [1.54, 1.807) is 6.92 Å². The molecule has 6 heteroatoms. The van der Waals surface area contributed by atoms with Gasteiger partial charge in [-0.25, -0.2) is 9.45 Å². The van der Waals surface area contributed by atoms with Crippen LogP contribution in [0.3, 0.4) is 0 Å². The quantitative estimate of drug-likeness (QED) is 0.334. The summed E-state index contributed by atoms with van der Waals surface area (Å²) >= 11 is 0. The monoisotopic (exact) mass is 294 g/mol. The highest BCUT2D eigenvalue weighted by Crippen LogP contribution is 2.53. The highest BCUT2D eigenvalue weighted by molar-refractivity contribution is 7.48. The molecule has 1 saturated heterocycles. The molecule has 1 rings (SSSR count). The Morgan fingerprint density at radius 1 is 1.11 bits per heavy atom. The van der Waals surface area contributed by atoms with Gasteiger partial charge in [0.05, 0.1) is 12.7 Å². The molecule has 1 aliphatic heterocycles. The fourth-order valence-electron chi connectivity index (χ4n) is 1.92. The standard InChI is InChI=1S/C13H27O5P/c1-3-4-5-6-7-8-9-10-11-16-19(14)17-13(2)12-15-18-19/h13H,3-12H2,1-2H3. The Morgan fingerprint density at radius 2 is 1.74 bits per heavy atom. The summed E-state index contributed by atoms with van der Waals surface area (Å²) in [5.74, 6) is 0. The van der Waals surface area contributed by atoms with Gasteiger partial charge in [0.25, 0.3) is 0 Å². The van der Waals surface area contributed by atoms with E-state index in [1.807, 2.05) is 0 Å². The van der Waals surface area contributed by atoms with Crippen LogP contribution >= 0.6 is 7.82 Å². The molecule has 2 atom stereocenters. The van der Waals surface area contributed by atoms with Gasteiger partial charge >= 0.3 is 7.82 Å². The zero-order valence-corrected chi connectivity index (χ0v) is 13.0. The summed E-state index contributed by atoms with van der Waals surface area (Å²) in [4.78, 5) is 4.72. The molecule has 1 aliphatic rings. The predicted octanol–water partition coefficient (Wildman–Crippen LogP) is 4.62. The van der Waals surface area contributed by atoms with Crippen LogP contribution < -0.4 is 0 Å². The van der Waals surface area contributed by atoms with Gasteiger partial charge in [0.2, 0.25) is 0 Å². The molecule has 1 heterocycles. The molecule has 0 spiro atoms. The summed E-state index contributed by atoms with van der Waals surface area (Å²) in [5, 5.41) is 0. The maximum Gasteiger partial charge on any atom is 0.502 e. The van der Waals surface area contributed by atoms with Crippen molar-refractivity contribution in [3.05, 3.63) is 0 Å². The Kier molecular flexibility index (Phi) is 8.92. The molecule has 0 amide bonds. The number of phosphoric acid groups is 1. The Bertz CT molecular complexity index is 272. The predicted molar refractivity (Wildman–Crippen MR) is 73.8 cm³/mol. The molecule has 0 bridgehead atoms. The van der Waals surface area contributed by atoms with Crippen LogP contribution in [0, 0.1) is 0 Å². The molecule has 0 aromatic carbocycles. The second-order valence-electron chi connectivity index (χ2n) is 5.03. The van der Waals surface area contributed by atoms with Crippen molar-refractivity contribution in [2.75, 3.05) is 13.2 Å². The highest BCUT2D eigenvalue weighted by Gasteiger charge is 2.35. The molecule has 19 heavy (non-hydrogen) atoms. The Hall–Kier alpha value is 0.0700. The summed E-state index contributed by atoms with van der Waals surface area (Å²) in [5.41, 5.74) is 0. The van der Waals surface area contributed by atoms with Crippen molar-refractivity contribution in [3.63, 3.8) is 0 Å². The smallest absolute Gasteiger partial charge is 0.285 e. The van der Waals surface area contributed by atoms with Crippen molar-refractivity contribution >= 4 is 7.82 Å². The average Bonchev–Trinajstić information content (AvgIpc) is 2.36. The Labute approximate surface area is 116 Å². The number of hydrogen-bond acceptors (Lipinski definition) is 5. The zero-order chi connectivity index (χ0) is 14.0. The minimum atomic E-state index is -3.46. The van der Waals surface area contributed by atoms with Crippen LogP contribution in [0.5, 0.6) is 0 Å². The Balaban J connectivity index is 1.94. The lowest BCUT2D eigenvalue weighted by Gasteiger charge is -2.25. The molecule has 0 aromatic heterocycles. The molecule has 5 nitrogen and oxygen atoms in total. The zero-order valence-electron chi connectivity index (χ0n) is 12.1. The van der Waals surface area contributed by atoms with Crippen LogP contribution in [0.4, 0.5) is 0 Å². The molecule has 2 unspecified atom stereocenters. The third kappa shape index (κ3) is 8.05. The number of rotatable bonds is 10. The second kappa shape index (κ2) is 9.89. The lowest BCUT2D eigenvalue weighted by atomic mass is 10.1. The average molecular weight is 294 g/mol. The first kappa shape index (κ1) is 17.1. The number of unbranched alkanes of at least 4 members (excludes halogenated alkanes) is 7. The minimum Gasteiger partial charge on any atom is -0.285 e. The van der Waals surface area contributed by atoms with E-state index in [0.29, 0.717) is 6.61 Å². The molecule has 0 radical (unpaired) electrons. The van der Waals surface area contributed by atoms with Gasteiger partial charge in [0.1, 0.15) is 6.61 Å². The van der Waals surface area contributed by atoms with E-state index in [4.69, 9.17) is 13.9 Å². The lowest BCUT2D eigenvalue weighted by Crippen LogP contribution is -2.22. The Morgan fingerprint density at radius 3 is 2.37 bits per heavy atom. The van der Waals surface area contributed by atoms with Crippen molar-refractivity contribution < 1.29 is 23.2 Å². The van der Waals surface area contributed by atoms with Crippen molar-refractivity contribution in [1.82, 2.24) is 0 Å². The summed E-state index contributed by atoms with van der Waals surface area (Å²) < 4.78 is 26.8. The van der Waals surface area contributed by atoms with Gasteiger partial charge < -0.3 is 0 Å². The largest absolute Gasteiger partial charge is 0.502 e. The van der Waals surface area contributed by atoms with E-state index in [0.717, 1.165) is 12.8 Å². The summed E-state index contributed by atoms with van der Waals surface area (Å²) in [6, 6.07) is 0. The molecular formula is C13H27O5P. The van der Waals surface area contributed by atoms with Crippen molar-refractivity contribution in [1.29, 1.82) is 0 Å². The summed E-state index contributed by atoms with van der Waals surface area (Å²) in [6.45, 7) is 4.67. The molecule has 114 valence electrons. The first-order valence-corrected chi connectivity index (χ1v) is 8.86. The van der Waals surface area contributed by atoms with Gasteiger partial charge in [0.15, 0.2) is 0 Å². The third-order valence-electron chi connectivity index (χ3n) is 3.00. The molecule has 0 saturated carbocycles. The van der Waals surface area contributed by atoms with Crippen molar-refractivity contribution in [2.45, 2.75) is 71.3 Å². The first-order chi connectivity index (χ1) is 9.16. The van der Waals surface area contributed by atoms with E-state index < -0.39 is 7.82 Å². The van der Waals surface area contributed by atoms with E-state index in [-0.39, 0.29) is 12.7 Å². The lowest BCUT2D eigenvalue weighted by molar-refractivity contribution is -0.266. The van der Waals surface area contributed by atoms with Crippen LogP contribution in [0.25, 0.3) is 0 Å². The second-order valence-corrected chi connectivity index (χ2v) is 6.54. The van der Waals surface area contributed by atoms with Crippen LogP contribution in [0.2, 0.25) is 0 Å². The van der Waals surface area contributed by atoms with Crippen LogP contribution in [-0.4, -0.2) is 19.3 Å². The van der Waals surface area contributed by atoms with Crippen LogP contribution in [-0.2, 0) is 23.2 Å². The SMILES string of the molecule is CCCCCCCCCCOP1(=O)OOCC(C)O1. The highest BCUT2D eigenvalue weighted by atomic mass is 31.2. The fraction of sp³-hybridized carbons (Fsp3) is 1.00. The first-order valence-electron chi connectivity index (χ1n) is 7.40. The normalized spacial score (nSPS) is 27.6. The van der Waals surface area contributed by atoms with E-state index >= 15 is 0 Å². The third-order valence-corrected chi connectivity index (χ3v) is 4.41. The van der Waals surface area contributed by atoms with E-state index in [1.165, 1.54) is 38.5 Å². The van der Waals surface area contributed by atoms with Gasteiger partial charge in [-0.1, -0.05) is 51.9 Å².